The second kappa shape index (κ2) is 2.08. The van der Waals surface area contributed by atoms with Crippen molar-refractivity contribution in [2.45, 2.75) is 25.0 Å². The van der Waals surface area contributed by atoms with E-state index >= 15 is 0 Å². The predicted molar refractivity (Wildman–Crippen MR) is 36.9 cm³/mol. The maximum Gasteiger partial charge on any atom is 0.115 e. The molecule has 1 aliphatic heterocycles. The first-order chi connectivity index (χ1) is 3.30. The summed E-state index contributed by atoms with van der Waals surface area (Å²) >= 11 is 0. The Morgan fingerprint density at radius 3 is 2.43 bits per heavy atom. The summed E-state index contributed by atoms with van der Waals surface area (Å²) in [5.74, 6) is 1.50. The van der Waals surface area contributed by atoms with Gasteiger partial charge in [-0.25, -0.2) is 0 Å². The van der Waals surface area contributed by atoms with Crippen LogP contribution in [0.15, 0.2) is 0 Å². The van der Waals surface area contributed by atoms with E-state index in [0.717, 1.165) is 16.1 Å². The zero-order chi connectivity index (χ0) is 5.28. The van der Waals surface area contributed by atoms with E-state index in [2.05, 4.69) is 13.2 Å². The Labute approximate surface area is 48.6 Å². The van der Waals surface area contributed by atoms with Crippen molar-refractivity contribution in [3.05, 3.63) is 0 Å². The molecule has 1 rings (SSSR count). The summed E-state index contributed by atoms with van der Waals surface area (Å²) < 4.78 is 0. The number of hydrogen-bond donors (Lipinski definition) is 0. The first-order valence-corrected chi connectivity index (χ1v) is 4.78. The third-order valence-corrected chi connectivity index (χ3v) is 4.31. The molecule has 0 bridgehead atoms. The van der Waals surface area contributed by atoms with Crippen molar-refractivity contribution in [3.8, 4) is 0 Å². The van der Waals surface area contributed by atoms with Gasteiger partial charge in [-0.2, -0.15) is 0 Å². The molecule has 0 N–H and O–H groups in total. The van der Waals surface area contributed by atoms with Gasteiger partial charge in [0.25, 0.3) is 0 Å². The van der Waals surface area contributed by atoms with Crippen molar-refractivity contribution < 1.29 is 0 Å². The lowest BCUT2D eigenvalue weighted by molar-refractivity contribution is 0.837. The van der Waals surface area contributed by atoms with Gasteiger partial charge < -0.3 is 0 Å². The lowest BCUT2D eigenvalue weighted by atomic mass is 10.3. The highest BCUT2D eigenvalue weighted by Gasteiger charge is 2.26. The zero-order valence-electron chi connectivity index (χ0n) is 5.11. The topological polar surface area (TPSA) is 0 Å². The Bertz CT molecular complexity index is 53.2. The molecule has 1 saturated heterocycles. The van der Waals surface area contributed by atoms with Gasteiger partial charge in [0.05, 0.1) is 6.26 Å². The van der Waals surface area contributed by atoms with Gasteiger partial charge in [-0.05, 0) is 30.7 Å². The second-order valence-electron chi connectivity index (χ2n) is 2.35. The molecule has 1 unspecified atom stereocenters. The Morgan fingerprint density at radius 2 is 2.29 bits per heavy atom. The maximum atomic E-state index is 2.39. The van der Waals surface area contributed by atoms with Crippen LogP contribution in [0.25, 0.3) is 0 Å². The van der Waals surface area contributed by atoms with Gasteiger partial charge in [-0.15, -0.1) is 0 Å². The standard InChI is InChI=1S/C6H13S/c1-6-4-3-5-7(6)2/h6H,3-5H2,1-2H3/q+1/t6-,7?/m0/s1. The van der Waals surface area contributed by atoms with Crippen LogP contribution < -0.4 is 0 Å². The van der Waals surface area contributed by atoms with Crippen LogP contribution in [0.1, 0.15) is 19.8 Å². The van der Waals surface area contributed by atoms with Gasteiger partial charge in [0, 0.05) is 0 Å². The molecule has 2 atom stereocenters. The largest absolute Gasteiger partial charge is 0.115 e. The summed E-state index contributed by atoms with van der Waals surface area (Å²) in [4.78, 5) is 0. The maximum absolute atomic E-state index is 2.39. The molecule has 0 nitrogen and oxygen atoms in total. The van der Waals surface area contributed by atoms with Crippen molar-refractivity contribution >= 4 is 10.9 Å². The van der Waals surface area contributed by atoms with Crippen LogP contribution in [0, 0.1) is 0 Å². The molecule has 0 aromatic heterocycles. The summed E-state index contributed by atoms with van der Waals surface area (Å²) in [6.45, 7) is 2.37. The molecular weight excluding hydrogens is 104 g/mol. The molecule has 1 heteroatoms. The van der Waals surface area contributed by atoms with Crippen LogP contribution in [-0.4, -0.2) is 17.3 Å². The minimum atomic E-state index is 0.782. The highest BCUT2D eigenvalue weighted by molar-refractivity contribution is 7.97. The SMILES string of the molecule is C[C@H]1CCC[S+]1C. The van der Waals surface area contributed by atoms with Crippen molar-refractivity contribution in [1.29, 1.82) is 0 Å². The third-order valence-electron chi connectivity index (χ3n) is 1.76. The predicted octanol–water partition coefficient (Wildman–Crippen LogP) is 1.42. The summed E-state index contributed by atoms with van der Waals surface area (Å²) in [5, 5.41) is 1.04. The molecule has 1 aliphatic rings. The van der Waals surface area contributed by atoms with Crippen LogP contribution in [0.5, 0.6) is 0 Å². The summed E-state index contributed by atoms with van der Waals surface area (Å²) in [5.41, 5.74) is 0. The molecule has 0 aromatic rings. The fourth-order valence-electron chi connectivity index (χ4n) is 1.00. The van der Waals surface area contributed by atoms with E-state index in [-0.39, 0.29) is 0 Å². The highest BCUT2D eigenvalue weighted by Crippen LogP contribution is 2.18. The highest BCUT2D eigenvalue weighted by atomic mass is 32.2. The lowest BCUT2D eigenvalue weighted by Gasteiger charge is -1.95. The van der Waals surface area contributed by atoms with E-state index in [0.29, 0.717) is 0 Å². The van der Waals surface area contributed by atoms with Gasteiger partial charge in [0.2, 0.25) is 0 Å². The third kappa shape index (κ3) is 1.12. The van der Waals surface area contributed by atoms with E-state index < -0.39 is 0 Å². The van der Waals surface area contributed by atoms with E-state index in [4.69, 9.17) is 0 Å². The van der Waals surface area contributed by atoms with E-state index in [1.165, 1.54) is 18.6 Å². The molecule has 0 saturated carbocycles. The van der Waals surface area contributed by atoms with Crippen LogP contribution in [0.4, 0.5) is 0 Å². The molecule has 0 radical (unpaired) electrons. The van der Waals surface area contributed by atoms with Crippen LogP contribution >= 0.6 is 0 Å². The fourth-order valence-corrected chi connectivity index (χ4v) is 2.59. The van der Waals surface area contributed by atoms with Crippen molar-refractivity contribution in [2.24, 2.45) is 0 Å². The van der Waals surface area contributed by atoms with Crippen LogP contribution in [-0.2, 0) is 10.9 Å². The normalized spacial score (nSPS) is 42.0. The van der Waals surface area contributed by atoms with Crippen LogP contribution in [0.2, 0.25) is 0 Å². The van der Waals surface area contributed by atoms with E-state index in [9.17, 15) is 0 Å². The molecule has 0 aliphatic carbocycles. The number of rotatable bonds is 0. The van der Waals surface area contributed by atoms with E-state index in [1.54, 1.807) is 0 Å². The number of hydrogen-bond acceptors (Lipinski definition) is 0. The van der Waals surface area contributed by atoms with Gasteiger partial charge in [0.15, 0.2) is 0 Å². The van der Waals surface area contributed by atoms with Crippen molar-refractivity contribution in [2.75, 3.05) is 12.0 Å². The molecule has 0 amide bonds. The van der Waals surface area contributed by atoms with Gasteiger partial charge in [0.1, 0.15) is 11.0 Å². The Morgan fingerprint density at radius 1 is 1.57 bits per heavy atom. The first kappa shape index (κ1) is 5.49. The quantitative estimate of drug-likeness (QED) is 0.421. The summed E-state index contributed by atoms with van der Waals surface area (Å²) in [6.07, 6.45) is 5.36. The fraction of sp³-hybridized carbons (Fsp3) is 1.00. The molecule has 0 spiro atoms. The second-order valence-corrected chi connectivity index (χ2v) is 4.94. The molecule has 7 heavy (non-hydrogen) atoms. The molecule has 0 aromatic carbocycles. The molecule has 1 fully saturated rings. The van der Waals surface area contributed by atoms with Gasteiger partial charge >= 0.3 is 0 Å². The van der Waals surface area contributed by atoms with Crippen LogP contribution in [0.3, 0.4) is 0 Å². The molecular formula is C6H13S+. The lowest BCUT2D eigenvalue weighted by Crippen LogP contribution is -2.09. The average molecular weight is 117 g/mol. The van der Waals surface area contributed by atoms with Gasteiger partial charge in [-0.3, -0.25) is 0 Å². The average Bonchev–Trinajstić information content (AvgIpc) is 1.91. The van der Waals surface area contributed by atoms with Crippen molar-refractivity contribution in [3.63, 3.8) is 0 Å². The Hall–Kier alpha value is 0.350. The minimum absolute atomic E-state index is 0.782. The molecule has 42 valence electrons. The summed E-state index contributed by atoms with van der Waals surface area (Å²) in [7, 11) is 0.782. The zero-order valence-corrected chi connectivity index (χ0v) is 5.92. The first-order valence-electron chi connectivity index (χ1n) is 2.92. The summed E-state index contributed by atoms with van der Waals surface area (Å²) in [6, 6.07) is 0. The van der Waals surface area contributed by atoms with E-state index in [1.807, 2.05) is 0 Å². The Kier molecular flexibility index (Phi) is 1.63. The minimum Gasteiger partial charge on any atom is -0.0170 e. The molecule has 1 heterocycles. The van der Waals surface area contributed by atoms with Gasteiger partial charge in [-0.1, -0.05) is 0 Å². The monoisotopic (exact) mass is 117 g/mol. The smallest absolute Gasteiger partial charge is 0.0170 e. The van der Waals surface area contributed by atoms with Crippen molar-refractivity contribution in [1.82, 2.24) is 0 Å². The Balaban J connectivity index is 2.33.